The number of rotatable bonds is 4. The number of nitrogens with zero attached hydrogens (tertiary/aromatic N) is 2. The third-order valence-corrected chi connectivity index (χ3v) is 7.52. The maximum atomic E-state index is 13.5. The molecule has 11 heteroatoms. The number of carboxylic acid groups (broad SMARTS) is 1. The number of aliphatic carboxylic acids is 1. The molecule has 1 amide bonds. The van der Waals surface area contributed by atoms with Crippen LogP contribution in [0, 0.1) is 5.82 Å². The Balaban J connectivity index is 1.94. The average Bonchev–Trinajstić information content (AvgIpc) is 2.99. The standard InChI is InChI=1S/C15H14ClFN2O5S2/c16-9-5-8(1-2-10(9)17)19-11-6-26(23,24)7-12(11)25-15(19)18-13(20)3-4-14(21)22/h1-2,5,11-12H,3-4,6-7H2,(H,21,22)/t11-,12-/m1/s1. The van der Waals surface area contributed by atoms with Crippen molar-refractivity contribution in [3.05, 3.63) is 29.0 Å². The Kier molecular flexibility index (Phi) is 5.27. The summed E-state index contributed by atoms with van der Waals surface area (Å²) in [5.74, 6) is -2.49. The number of aliphatic imine (C=N–C) groups is 1. The number of sulfone groups is 1. The van der Waals surface area contributed by atoms with E-state index in [2.05, 4.69) is 4.99 Å². The van der Waals surface area contributed by atoms with E-state index in [1.54, 1.807) is 4.90 Å². The monoisotopic (exact) mass is 420 g/mol. The normalized spacial score (nSPS) is 25.5. The van der Waals surface area contributed by atoms with Gasteiger partial charge < -0.3 is 10.0 Å². The van der Waals surface area contributed by atoms with Crippen molar-refractivity contribution in [2.75, 3.05) is 16.4 Å². The molecule has 0 aliphatic carbocycles. The van der Waals surface area contributed by atoms with Crippen LogP contribution in [0.1, 0.15) is 12.8 Å². The molecule has 2 fully saturated rings. The lowest BCUT2D eigenvalue weighted by Crippen LogP contribution is -2.37. The van der Waals surface area contributed by atoms with E-state index in [9.17, 15) is 22.4 Å². The lowest BCUT2D eigenvalue weighted by molar-refractivity contribution is -0.138. The second-order valence-corrected chi connectivity index (χ2v) is 9.72. The van der Waals surface area contributed by atoms with E-state index in [-0.39, 0.29) is 39.8 Å². The highest BCUT2D eigenvalue weighted by atomic mass is 35.5. The first-order valence-corrected chi connectivity index (χ1v) is 10.7. The fourth-order valence-electron chi connectivity index (χ4n) is 2.88. The molecule has 1 aromatic rings. The molecular weight excluding hydrogens is 407 g/mol. The second-order valence-electron chi connectivity index (χ2n) is 5.95. The Morgan fingerprint density at radius 3 is 2.73 bits per heavy atom. The van der Waals surface area contributed by atoms with Gasteiger partial charge in [-0.05, 0) is 18.2 Å². The molecule has 2 heterocycles. The van der Waals surface area contributed by atoms with Crippen molar-refractivity contribution in [3.63, 3.8) is 0 Å². The lowest BCUT2D eigenvalue weighted by atomic mass is 10.2. The van der Waals surface area contributed by atoms with Gasteiger partial charge in [-0.3, -0.25) is 9.59 Å². The van der Waals surface area contributed by atoms with Gasteiger partial charge in [-0.1, -0.05) is 23.4 Å². The van der Waals surface area contributed by atoms with E-state index >= 15 is 0 Å². The molecule has 140 valence electrons. The van der Waals surface area contributed by atoms with Crippen LogP contribution in [-0.2, 0) is 19.4 Å². The van der Waals surface area contributed by atoms with E-state index in [1.807, 2.05) is 0 Å². The van der Waals surface area contributed by atoms with Gasteiger partial charge in [0.05, 0.1) is 29.0 Å². The number of fused-ring (bicyclic) bond motifs is 1. The number of amides is 1. The van der Waals surface area contributed by atoms with Crippen molar-refractivity contribution in [1.29, 1.82) is 0 Å². The number of benzene rings is 1. The molecular formula is C15H14ClFN2O5S2. The van der Waals surface area contributed by atoms with Crippen LogP contribution in [-0.4, -0.2) is 53.4 Å². The molecule has 0 bridgehead atoms. The minimum absolute atomic E-state index is 0.0455. The smallest absolute Gasteiger partial charge is 0.303 e. The Bertz CT molecular complexity index is 905. The van der Waals surface area contributed by atoms with Crippen LogP contribution in [0.15, 0.2) is 23.2 Å². The van der Waals surface area contributed by atoms with Crippen LogP contribution >= 0.6 is 23.4 Å². The molecule has 3 rings (SSSR count). The van der Waals surface area contributed by atoms with E-state index in [0.29, 0.717) is 5.69 Å². The van der Waals surface area contributed by atoms with E-state index < -0.39 is 33.6 Å². The summed E-state index contributed by atoms with van der Waals surface area (Å²) in [4.78, 5) is 28.1. The highest BCUT2D eigenvalue weighted by Crippen LogP contribution is 2.41. The van der Waals surface area contributed by atoms with Crippen molar-refractivity contribution in [2.24, 2.45) is 4.99 Å². The van der Waals surface area contributed by atoms with Crippen LogP contribution in [0.4, 0.5) is 10.1 Å². The first kappa shape index (κ1) is 19.1. The summed E-state index contributed by atoms with van der Waals surface area (Å²) < 4.78 is 37.4. The van der Waals surface area contributed by atoms with Gasteiger partial charge in [0.2, 0.25) is 5.91 Å². The Morgan fingerprint density at radius 1 is 1.35 bits per heavy atom. The molecule has 0 saturated carbocycles. The predicted molar refractivity (Wildman–Crippen MR) is 97.0 cm³/mol. The molecule has 2 aliphatic rings. The van der Waals surface area contributed by atoms with Gasteiger partial charge in [0.15, 0.2) is 15.0 Å². The van der Waals surface area contributed by atoms with Gasteiger partial charge in [0.25, 0.3) is 0 Å². The van der Waals surface area contributed by atoms with Crippen molar-refractivity contribution in [2.45, 2.75) is 24.1 Å². The molecule has 26 heavy (non-hydrogen) atoms. The molecule has 7 nitrogen and oxygen atoms in total. The third kappa shape index (κ3) is 4.02. The minimum atomic E-state index is -3.23. The number of carboxylic acids is 1. The summed E-state index contributed by atoms with van der Waals surface area (Å²) in [6.07, 6.45) is -0.602. The fraction of sp³-hybridized carbons (Fsp3) is 0.400. The van der Waals surface area contributed by atoms with Crippen molar-refractivity contribution < 1.29 is 27.5 Å². The molecule has 0 spiro atoms. The number of amidine groups is 1. The summed E-state index contributed by atoms with van der Waals surface area (Å²) in [6, 6.07) is 3.50. The third-order valence-electron chi connectivity index (χ3n) is 4.02. The summed E-state index contributed by atoms with van der Waals surface area (Å²) in [6.45, 7) is 0. The minimum Gasteiger partial charge on any atom is -0.481 e. The summed E-state index contributed by atoms with van der Waals surface area (Å²) in [5, 5.41) is 8.50. The largest absolute Gasteiger partial charge is 0.481 e. The number of thioether (sulfide) groups is 1. The predicted octanol–water partition coefficient (Wildman–Crippen LogP) is 1.95. The number of carbonyl (C=O) groups is 2. The van der Waals surface area contributed by atoms with Gasteiger partial charge in [0, 0.05) is 17.4 Å². The lowest BCUT2D eigenvalue weighted by Gasteiger charge is -2.24. The summed E-state index contributed by atoms with van der Waals surface area (Å²) in [5.41, 5.74) is 0.429. The average molecular weight is 421 g/mol. The molecule has 2 atom stereocenters. The quantitative estimate of drug-likeness (QED) is 0.793. The van der Waals surface area contributed by atoms with Gasteiger partial charge in [-0.2, -0.15) is 4.99 Å². The molecule has 1 N–H and O–H groups in total. The Morgan fingerprint density at radius 2 is 2.08 bits per heavy atom. The molecule has 0 radical (unpaired) electrons. The summed E-state index contributed by atoms with van der Waals surface area (Å²) >= 11 is 6.98. The molecule has 0 aromatic heterocycles. The van der Waals surface area contributed by atoms with Crippen LogP contribution < -0.4 is 4.90 Å². The van der Waals surface area contributed by atoms with Gasteiger partial charge in [0.1, 0.15) is 5.82 Å². The highest BCUT2D eigenvalue weighted by Gasteiger charge is 2.49. The number of halogens is 2. The summed E-state index contributed by atoms with van der Waals surface area (Å²) in [7, 11) is -3.23. The first-order valence-electron chi connectivity index (χ1n) is 7.61. The zero-order valence-corrected chi connectivity index (χ0v) is 15.7. The van der Waals surface area contributed by atoms with Gasteiger partial charge in [-0.15, -0.1) is 0 Å². The van der Waals surface area contributed by atoms with Crippen molar-refractivity contribution in [1.82, 2.24) is 0 Å². The Labute approximate surface area is 158 Å². The molecule has 0 unspecified atom stereocenters. The maximum Gasteiger partial charge on any atom is 0.303 e. The Hall–Kier alpha value is -1.65. The number of hydrogen-bond acceptors (Lipinski definition) is 5. The van der Waals surface area contributed by atoms with E-state index in [0.717, 1.165) is 17.8 Å². The van der Waals surface area contributed by atoms with Crippen molar-refractivity contribution in [3.8, 4) is 0 Å². The van der Waals surface area contributed by atoms with Crippen LogP contribution in [0.5, 0.6) is 0 Å². The molecule has 2 saturated heterocycles. The van der Waals surface area contributed by atoms with E-state index in [1.165, 1.54) is 12.1 Å². The van der Waals surface area contributed by atoms with E-state index in [4.69, 9.17) is 16.7 Å². The maximum absolute atomic E-state index is 13.5. The SMILES string of the molecule is O=C(O)CCC(=O)N=C1S[C@@H]2CS(=O)(=O)C[C@H]2N1c1ccc(F)c(Cl)c1. The van der Waals surface area contributed by atoms with Crippen molar-refractivity contribution >= 4 is 55.9 Å². The first-order chi connectivity index (χ1) is 12.2. The number of hydrogen-bond donors (Lipinski definition) is 1. The van der Waals surface area contributed by atoms with Crippen LogP contribution in [0.3, 0.4) is 0 Å². The number of anilines is 1. The highest BCUT2D eigenvalue weighted by molar-refractivity contribution is 8.16. The zero-order chi connectivity index (χ0) is 19.1. The van der Waals surface area contributed by atoms with Crippen LogP contribution in [0.2, 0.25) is 5.02 Å². The molecule has 2 aliphatic heterocycles. The van der Waals surface area contributed by atoms with Crippen LogP contribution in [0.25, 0.3) is 0 Å². The second kappa shape index (κ2) is 7.16. The zero-order valence-electron chi connectivity index (χ0n) is 13.3. The fourth-order valence-corrected chi connectivity index (χ4v) is 6.98. The van der Waals surface area contributed by atoms with Gasteiger partial charge in [-0.25, -0.2) is 12.8 Å². The molecule has 1 aromatic carbocycles. The number of carbonyl (C=O) groups excluding carboxylic acids is 1. The topological polar surface area (TPSA) is 104 Å². The van der Waals surface area contributed by atoms with Gasteiger partial charge >= 0.3 is 5.97 Å².